The van der Waals surface area contributed by atoms with Crippen molar-refractivity contribution >= 4 is 5.91 Å². The number of amides is 1. The van der Waals surface area contributed by atoms with Crippen molar-refractivity contribution in [1.82, 2.24) is 0 Å². The van der Waals surface area contributed by atoms with Crippen molar-refractivity contribution in [2.75, 3.05) is 34.0 Å². The molecule has 14 heavy (non-hydrogen) atoms. The quantitative estimate of drug-likeness (QED) is 0.595. The van der Waals surface area contributed by atoms with Crippen LogP contribution in [0.2, 0.25) is 0 Å². The highest BCUT2D eigenvalue weighted by atomic mass is 16.5. The maximum Gasteiger partial charge on any atom is 0.222 e. The highest BCUT2D eigenvalue weighted by Crippen LogP contribution is 1.97. The van der Waals surface area contributed by atoms with E-state index in [1.165, 1.54) is 0 Å². The van der Waals surface area contributed by atoms with Gasteiger partial charge >= 0.3 is 0 Å². The van der Waals surface area contributed by atoms with Gasteiger partial charge < -0.3 is 19.9 Å². The van der Waals surface area contributed by atoms with Crippen LogP contribution in [0.15, 0.2) is 0 Å². The third kappa shape index (κ3) is 5.90. The smallest absolute Gasteiger partial charge is 0.222 e. The summed E-state index contributed by atoms with van der Waals surface area (Å²) in [7, 11) is 3.18. The van der Waals surface area contributed by atoms with Gasteiger partial charge in [0.25, 0.3) is 0 Å². The average molecular weight is 205 g/mol. The minimum atomic E-state index is -0.356. The van der Waals surface area contributed by atoms with Crippen molar-refractivity contribution in [1.29, 1.82) is 0 Å². The first-order valence-corrected chi connectivity index (χ1v) is 4.50. The maximum absolute atomic E-state index is 10.7. The second kappa shape index (κ2) is 7.73. The molecular formula is C9H19NO4. The predicted molar refractivity (Wildman–Crippen MR) is 51.9 cm³/mol. The van der Waals surface area contributed by atoms with E-state index in [1.54, 1.807) is 21.1 Å². The molecule has 0 saturated heterocycles. The Labute approximate surface area is 84.5 Å². The van der Waals surface area contributed by atoms with Crippen molar-refractivity contribution in [2.45, 2.75) is 13.0 Å². The van der Waals surface area contributed by atoms with Gasteiger partial charge in [-0.2, -0.15) is 0 Å². The fourth-order valence-electron chi connectivity index (χ4n) is 0.828. The van der Waals surface area contributed by atoms with Crippen LogP contribution in [0, 0.1) is 5.92 Å². The number of rotatable bonds is 8. The van der Waals surface area contributed by atoms with E-state index >= 15 is 0 Å². The molecule has 5 heteroatoms. The lowest BCUT2D eigenvalue weighted by atomic mass is 10.2. The van der Waals surface area contributed by atoms with Crippen molar-refractivity contribution in [3.63, 3.8) is 0 Å². The molecule has 5 nitrogen and oxygen atoms in total. The highest BCUT2D eigenvalue weighted by molar-refractivity contribution is 5.76. The van der Waals surface area contributed by atoms with Crippen molar-refractivity contribution < 1.29 is 19.0 Å². The molecule has 0 aromatic rings. The van der Waals surface area contributed by atoms with Crippen LogP contribution in [0.4, 0.5) is 0 Å². The van der Waals surface area contributed by atoms with Crippen LogP contribution in [-0.4, -0.2) is 46.1 Å². The summed E-state index contributed by atoms with van der Waals surface area (Å²) in [4.78, 5) is 10.7. The number of nitrogens with two attached hydrogens (primary N) is 1. The van der Waals surface area contributed by atoms with E-state index in [1.807, 2.05) is 0 Å². The molecule has 0 fully saturated rings. The van der Waals surface area contributed by atoms with Gasteiger partial charge in [0.1, 0.15) is 6.10 Å². The lowest BCUT2D eigenvalue weighted by Crippen LogP contribution is -2.28. The summed E-state index contributed by atoms with van der Waals surface area (Å²) in [5.41, 5.74) is 5.07. The normalized spacial score (nSPS) is 15.1. The Hall–Kier alpha value is -0.650. The molecule has 84 valence electrons. The van der Waals surface area contributed by atoms with Crippen molar-refractivity contribution in [3.05, 3.63) is 0 Å². The number of hydrogen-bond donors (Lipinski definition) is 1. The van der Waals surface area contributed by atoms with Crippen LogP contribution in [0.25, 0.3) is 0 Å². The average Bonchev–Trinajstić information content (AvgIpc) is 2.16. The van der Waals surface area contributed by atoms with Gasteiger partial charge in [-0.15, -0.1) is 0 Å². The zero-order valence-corrected chi connectivity index (χ0v) is 8.99. The largest absolute Gasteiger partial charge is 0.382 e. The Bertz CT molecular complexity index is 163. The molecule has 0 aliphatic carbocycles. The Morgan fingerprint density at radius 2 is 1.93 bits per heavy atom. The van der Waals surface area contributed by atoms with Gasteiger partial charge in [0.05, 0.1) is 25.7 Å². The molecule has 0 aliphatic rings. The van der Waals surface area contributed by atoms with E-state index in [9.17, 15) is 4.79 Å². The summed E-state index contributed by atoms with van der Waals surface area (Å²) in [5.74, 6) is -0.624. The number of carbonyl (C=O) groups is 1. The fourth-order valence-corrected chi connectivity index (χ4v) is 0.828. The van der Waals surface area contributed by atoms with Crippen LogP contribution < -0.4 is 5.73 Å². The first-order chi connectivity index (χ1) is 6.61. The molecule has 2 unspecified atom stereocenters. The van der Waals surface area contributed by atoms with Gasteiger partial charge in [0.2, 0.25) is 5.91 Å². The SMILES string of the molecule is COCC(COCC(C)C(N)=O)OC. The molecule has 0 aliphatic heterocycles. The van der Waals surface area contributed by atoms with E-state index < -0.39 is 0 Å². The number of methoxy groups -OCH3 is 2. The van der Waals surface area contributed by atoms with Crippen LogP contribution >= 0.6 is 0 Å². The van der Waals surface area contributed by atoms with Gasteiger partial charge in [-0.3, -0.25) is 4.79 Å². The first-order valence-electron chi connectivity index (χ1n) is 4.50. The maximum atomic E-state index is 10.7. The molecule has 2 N–H and O–H groups in total. The molecular weight excluding hydrogens is 186 g/mol. The summed E-state index contributed by atoms with van der Waals surface area (Å²) >= 11 is 0. The Kier molecular flexibility index (Phi) is 7.37. The zero-order chi connectivity index (χ0) is 11.0. The van der Waals surface area contributed by atoms with Crippen LogP contribution in [0.5, 0.6) is 0 Å². The molecule has 0 aromatic heterocycles. The highest BCUT2D eigenvalue weighted by Gasteiger charge is 2.11. The summed E-state index contributed by atoms with van der Waals surface area (Å²) < 4.78 is 15.2. The molecule has 0 spiro atoms. The molecule has 0 bridgehead atoms. The minimum absolute atomic E-state index is 0.0972. The second-order valence-electron chi connectivity index (χ2n) is 3.15. The lowest BCUT2D eigenvalue weighted by Gasteiger charge is -2.15. The van der Waals surface area contributed by atoms with E-state index in [2.05, 4.69) is 0 Å². The van der Waals surface area contributed by atoms with E-state index in [0.717, 1.165) is 0 Å². The van der Waals surface area contributed by atoms with Crippen LogP contribution in [0.3, 0.4) is 0 Å². The van der Waals surface area contributed by atoms with Gasteiger partial charge in [-0.05, 0) is 0 Å². The Balaban J connectivity index is 3.55. The third-order valence-corrected chi connectivity index (χ3v) is 1.84. The van der Waals surface area contributed by atoms with E-state index in [0.29, 0.717) is 19.8 Å². The van der Waals surface area contributed by atoms with Crippen LogP contribution in [0.1, 0.15) is 6.92 Å². The summed E-state index contributed by atoms with van der Waals surface area (Å²) in [5, 5.41) is 0. The summed E-state index contributed by atoms with van der Waals surface area (Å²) in [6.45, 7) is 2.92. The number of ether oxygens (including phenoxy) is 3. The minimum Gasteiger partial charge on any atom is -0.382 e. The number of primary amides is 1. The molecule has 0 saturated carbocycles. The van der Waals surface area contributed by atoms with Gasteiger partial charge in [-0.1, -0.05) is 6.92 Å². The van der Waals surface area contributed by atoms with Crippen molar-refractivity contribution in [3.8, 4) is 0 Å². The first kappa shape index (κ1) is 13.4. The molecule has 2 atom stereocenters. The lowest BCUT2D eigenvalue weighted by molar-refractivity contribution is -0.123. The van der Waals surface area contributed by atoms with Gasteiger partial charge in [0, 0.05) is 14.2 Å². The molecule has 1 amide bonds. The van der Waals surface area contributed by atoms with Crippen LogP contribution in [-0.2, 0) is 19.0 Å². The van der Waals surface area contributed by atoms with E-state index in [-0.39, 0.29) is 17.9 Å². The monoisotopic (exact) mass is 205 g/mol. The van der Waals surface area contributed by atoms with Gasteiger partial charge in [0.15, 0.2) is 0 Å². The van der Waals surface area contributed by atoms with E-state index in [4.69, 9.17) is 19.9 Å². The standard InChI is InChI=1S/C9H19NO4/c1-7(9(10)11)4-14-6-8(13-3)5-12-2/h7-8H,4-6H2,1-3H3,(H2,10,11). The predicted octanol–water partition coefficient (Wildman–Crippen LogP) is -0.214. The molecule has 0 heterocycles. The second-order valence-corrected chi connectivity index (χ2v) is 3.15. The molecule has 0 rings (SSSR count). The third-order valence-electron chi connectivity index (χ3n) is 1.84. The summed E-state index contributed by atoms with van der Waals surface area (Å²) in [6.07, 6.45) is -0.0972. The summed E-state index contributed by atoms with van der Waals surface area (Å²) in [6, 6.07) is 0. The number of carbonyl (C=O) groups excluding carboxylic acids is 1. The molecule has 0 aromatic carbocycles. The van der Waals surface area contributed by atoms with Crippen molar-refractivity contribution in [2.24, 2.45) is 11.7 Å². The van der Waals surface area contributed by atoms with Gasteiger partial charge in [-0.25, -0.2) is 0 Å². The number of hydrogen-bond acceptors (Lipinski definition) is 4. The Morgan fingerprint density at radius 1 is 1.29 bits per heavy atom. The fraction of sp³-hybridized carbons (Fsp3) is 0.889. The zero-order valence-electron chi connectivity index (χ0n) is 8.99. The topological polar surface area (TPSA) is 70.8 Å². The molecule has 0 radical (unpaired) electrons. The Morgan fingerprint density at radius 3 is 2.36 bits per heavy atom.